The smallest absolute Gasteiger partial charge is 0.181 e. The lowest BCUT2D eigenvalue weighted by Gasteiger charge is -2.09. The third kappa shape index (κ3) is 2.45. The highest BCUT2D eigenvalue weighted by molar-refractivity contribution is 5.47. The summed E-state index contributed by atoms with van der Waals surface area (Å²) in [5.74, 6) is 1.04. The summed E-state index contributed by atoms with van der Waals surface area (Å²) in [5.41, 5.74) is 2.19. The number of anilines is 1. The van der Waals surface area contributed by atoms with Gasteiger partial charge < -0.3 is 9.88 Å². The molecule has 5 heteroatoms. The van der Waals surface area contributed by atoms with Crippen molar-refractivity contribution in [2.75, 3.05) is 11.9 Å². The van der Waals surface area contributed by atoms with E-state index in [1.165, 1.54) is 0 Å². The van der Waals surface area contributed by atoms with E-state index >= 15 is 0 Å². The molecule has 0 spiro atoms. The van der Waals surface area contributed by atoms with Gasteiger partial charge in [-0.25, -0.2) is 0 Å². The van der Waals surface area contributed by atoms with Crippen molar-refractivity contribution >= 4 is 5.82 Å². The van der Waals surface area contributed by atoms with Crippen molar-refractivity contribution in [2.24, 2.45) is 7.05 Å². The summed E-state index contributed by atoms with van der Waals surface area (Å²) < 4.78 is 3.84. The first kappa shape index (κ1) is 12.4. The fraction of sp³-hybridized carbons (Fsp3) is 0.385. The van der Waals surface area contributed by atoms with E-state index < -0.39 is 0 Å². The molecule has 0 unspecified atom stereocenters. The van der Waals surface area contributed by atoms with E-state index in [-0.39, 0.29) is 5.43 Å². The van der Waals surface area contributed by atoms with Crippen LogP contribution in [0.25, 0.3) is 0 Å². The number of hydrogen-bond donors (Lipinski definition) is 1. The summed E-state index contributed by atoms with van der Waals surface area (Å²) in [4.78, 5) is 11.1. The molecule has 96 valence electrons. The lowest BCUT2D eigenvalue weighted by atomic mass is 10.2. The van der Waals surface area contributed by atoms with E-state index in [1.54, 1.807) is 24.5 Å². The predicted octanol–water partition coefficient (Wildman–Crippen LogP) is 1.37. The van der Waals surface area contributed by atoms with Crippen molar-refractivity contribution in [1.82, 2.24) is 14.3 Å². The van der Waals surface area contributed by atoms with Crippen LogP contribution in [0.5, 0.6) is 0 Å². The van der Waals surface area contributed by atoms with Gasteiger partial charge in [-0.15, -0.1) is 0 Å². The average Bonchev–Trinajstić information content (AvgIpc) is 2.59. The van der Waals surface area contributed by atoms with E-state index in [1.807, 2.05) is 23.2 Å². The molecule has 0 aliphatic carbocycles. The van der Waals surface area contributed by atoms with Crippen LogP contribution in [0, 0.1) is 6.92 Å². The fourth-order valence-corrected chi connectivity index (χ4v) is 2.01. The highest BCUT2D eigenvalue weighted by Gasteiger charge is 2.12. The maximum Gasteiger partial charge on any atom is 0.181 e. The molecule has 0 bridgehead atoms. The molecular weight excluding hydrogens is 228 g/mol. The Bertz CT molecular complexity index is 577. The van der Waals surface area contributed by atoms with Crippen molar-refractivity contribution in [1.29, 1.82) is 0 Å². The summed E-state index contributed by atoms with van der Waals surface area (Å²) >= 11 is 0. The van der Waals surface area contributed by atoms with Crippen LogP contribution in [-0.4, -0.2) is 20.9 Å². The highest BCUT2D eigenvalue weighted by Crippen LogP contribution is 2.19. The molecule has 0 fully saturated rings. The lowest BCUT2D eigenvalue weighted by molar-refractivity contribution is 0.759. The number of nitrogens with zero attached hydrogens (tertiary/aromatic N) is 3. The maximum atomic E-state index is 11.1. The zero-order valence-corrected chi connectivity index (χ0v) is 11.0. The van der Waals surface area contributed by atoms with Crippen LogP contribution in [0.4, 0.5) is 5.82 Å². The molecule has 0 atom stereocenters. The number of aromatic nitrogens is 3. The van der Waals surface area contributed by atoms with Crippen LogP contribution in [0.1, 0.15) is 18.2 Å². The average molecular weight is 246 g/mol. The van der Waals surface area contributed by atoms with E-state index in [0.717, 1.165) is 23.6 Å². The second kappa shape index (κ2) is 5.08. The van der Waals surface area contributed by atoms with Crippen LogP contribution in [-0.2, 0) is 13.6 Å². The molecule has 0 aromatic carbocycles. The van der Waals surface area contributed by atoms with Gasteiger partial charge in [-0.2, -0.15) is 5.10 Å². The second-order valence-electron chi connectivity index (χ2n) is 4.27. The van der Waals surface area contributed by atoms with Crippen LogP contribution < -0.4 is 10.7 Å². The van der Waals surface area contributed by atoms with Crippen LogP contribution in [0.2, 0.25) is 0 Å². The number of aryl methyl sites for hydroxylation is 2. The van der Waals surface area contributed by atoms with Crippen molar-refractivity contribution < 1.29 is 0 Å². The largest absolute Gasteiger partial charge is 0.370 e. The molecule has 1 N–H and O–H groups in total. The minimum absolute atomic E-state index is 0.0288. The topological polar surface area (TPSA) is 51.9 Å². The fourth-order valence-electron chi connectivity index (χ4n) is 2.01. The van der Waals surface area contributed by atoms with E-state index in [2.05, 4.69) is 17.3 Å². The van der Waals surface area contributed by atoms with Gasteiger partial charge in [-0.1, -0.05) is 0 Å². The molecule has 18 heavy (non-hydrogen) atoms. The Balaban J connectivity index is 2.33. The van der Waals surface area contributed by atoms with Crippen molar-refractivity contribution in [2.45, 2.75) is 20.4 Å². The van der Waals surface area contributed by atoms with Gasteiger partial charge >= 0.3 is 0 Å². The van der Waals surface area contributed by atoms with Gasteiger partial charge in [0, 0.05) is 43.7 Å². The summed E-state index contributed by atoms with van der Waals surface area (Å²) in [6.45, 7) is 5.63. The van der Waals surface area contributed by atoms with E-state index in [0.29, 0.717) is 6.54 Å². The van der Waals surface area contributed by atoms with E-state index in [9.17, 15) is 4.79 Å². The lowest BCUT2D eigenvalue weighted by Crippen LogP contribution is -2.09. The first-order valence-corrected chi connectivity index (χ1v) is 6.04. The van der Waals surface area contributed by atoms with E-state index in [4.69, 9.17) is 0 Å². The van der Waals surface area contributed by atoms with Gasteiger partial charge in [-0.05, 0) is 13.8 Å². The summed E-state index contributed by atoms with van der Waals surface area (Å²) in [6.07, 6.45) is 3.59. The molecule has 0 saturated heterocycles. The molecule has 0 aliphatic rings. The van der Waals surface area contributed by atoms with Crippen LogP contribution in [0.3, 0.4) is 0 Å². The van der Waals surface area contributed by atoms with Crippen molar-refractivity contribution in [3.8, 4) is 0 Å². The minimum Gasteiger partial charge on any atom is -0.370 e. The van der Waals surface area contributed by atoms with Gasteiger partial charge in [0.1, 0.15) is 5.82 Å². The summed E-state index contributed by atoms with van der Waals surface area (Å²) in [7, 11) is 1.93. The predicted molar refractivity (Wildman–Crippen MR) is 71.9 cm³/mol. The molecule has 0 amide bonds. The zero-order chi connectivity index (χ0) is 13.1. The Morgan fingerprint density at radius 2 is 2.00 bits per heavy atom. The Hall–Kier alpha value is -2.04. The highest BCUT2D eigenvalue weighted by atomic mass is 16.1. The monoisotopic (exact) mass is 246 g/mol. The zero-order valence-electron chi connectivity index (χ0n) is 11.0. The minimum atomic E-state index is 0.0288. The molecule has 0 saturated carbocycles. The van der Waals surface area contributed by atoms with Gasteiger partial charge in [0.15, 0.2) is 5.43 Å². The van der Waals surface area contributed by atoms with Crippen molar-refractivity contribution in [3.05, 3.63) is 46.0 Å². The number of pyridine rings is 1. The molecular formula is C13H18N4O. The quantitative estimate of drug-likeness (QED) is 0.886. The first-order chi connectivity index (χ1) is 8.61. The Morgan fingerprint density at radius 1 is 1.33 bits per heavy atom. The Morgan fingerprint density at radius 3 is 2.61 bits per heavy atom. The molecule has 2 aromatic heterocycles. The summed E-state index contributed by atoms with van der Waals surface area (Å²) in [5, 5.41) is 7.74. The van der Waals surface area contributed by atoms with Crippen molar-refractivity contribution in [3.63, 3.8) is 0 Å². The molecule has 2 rings (SSSR count). The van der Waals surface area contributed by atoms with Crippen LogP contribution in [0.15, 0.2) is 29.3 Å². The SMILES string of the molecule is CCNc1c(Cn2ccc(=O)cc2)c(C)nn1C. The van der Waals surface area contributed by atoms with Crippen LogP contribution >= 0.6 is 0 Å². The standard InChI is InChI=1S/C13H18N4O/c1-4-14-13-12(10(2)15-16(13)3)9-17-7-5-11(18)6-8-17/h5-8,14H,4,9H2,1-3H3. The number of hydrogen-bond acceptors (Lipinski definition) is 3. The third-order valence-corrected chi connectivity index (χ3v) is 2.89. The number of nitrogens with one attached hydrogen (secondary N) is 1. The van der Waals surface area contributed by atoms with Gasteiger partial charge in [0.05, 0.1) is 12.2 Å². The second-order valence-corrected chi connectivity index (χ2v) is 4.27. The first-order valence-electron chi connectivity index (χ1n) is 6.04. The third-order valence-electron chi connectivity index (χ3n) is 2.89. The Kier molecular flexibility index (Phi) is 3.50. The molecule has 0 aliphatic heterocycles. The molecule has 5 nitrogen and oxygen atoms in total. The Labute approximate surface area is 106 Å². The molecule has 2 aromatic rings. The maximum absolute atomic E-state index is 11.1. The van der Waals surface area contributed by atoms with Gasteiger partial charge in [0.25, 0.3) is 0 Å². The summed E-state index contributed by atoms with van der Waals surface area (Å²) in [6, 6.07) is 3.14. The molecule has 0 radical (unpaired) electrons. The molecule has 2 heterocycles. The van der Waals surface area contributed by atoms with Gasteiger partial charge in [0.2, 0.25) is 0 Å². The number of rotatable bonds is 4. The van der Waals surface area contributed by atoms with Gasteiger partial charge in [-0.3, -0.25) is 9.48 Å². The normalized spacial score (nSPS) is 10.6.